The molecule has 3 rings (SSSR count). The third-order valence-electron chi connectivity index (χ3n) is 3.32. The van der Waals surface area contributed by atoms with E-state index in [2.05, 4.69) is 43.6 Å². The smallest absolute Gasteiger partial charge is 0.232 e. The van der Waals surface area contributed by atoms with Crippen LogP contribution in [0.3, 0.4) is 0 Å². The second-order valence-electron chi connectivity index (χ2n) is 4.85. The van der Waals surface area contributed by atoms with Crippen molar-refractivity contribution in [2.24, 2.45) is 5.92 Å². The molecule has 2 aromatic rings. The van der Waals surface area contributed by atoms with Crippen molar-refractivity contribution in [3.63, 3.8) is 0 Å². The molecule has 0 N–H and O–H groups in total. The minimum Gasteiger partial charge on any atom is -0.476 e. The van der Waals surface area contributed by atoms with E-state index >= 15 is 0 Å². The van der Waals surface area contributed by atoms with Gasteiger partial charge in [0.15, 0.2) is 0 Å². The summed E-state index contributed by atoms with van der Waals surface area (Å²) in [5.41, 5.74) is 1.15. The van der Waals surface area contributed by atoms with Crippen LogP contribution in [0.5, 0.6) is 5.88 Å². The van der Waals surface area contributed by atoms with Gasteiger partial charge in [0, 0.05) is 23.7 Å². The summed E-state index contributed by atoms with van der Waals surface area (Å²) in [7, 11) is 0. The Hall–Kier alpha value is -0.950. The predicted octanol–water partition coefficient (Wildman–Crippen LogP) is 3.62. The van der Waals surface area contributed by atoms with E-state index in [9.17, 15) is 0 Å². The fraction of sp³-hybridized carbons (Fsp3) is 0.357. The number of ether oxygens (including phenoxy) is 1. The van der Waals surface area contributed by atoms with Crippen molar-refractivity contribution in [2.45, 2.75) is 19.3 Å². The molecule has 0 unspecified atom stereocenters. The maximum absolute atomic E-state index is 6.03. The van der Waals surface area contributed by atoms with Gasteiger partial charge in [-0.05, 0) is 48.1 Å². The van der Waals surface area contributed by atoms with Gasteiger partial charge < -0.3 is 4.74 Å². The Bertz CT molecular complexity index is 623. The van der Waals surface area contributed by atoms with E-state index in [4.69, 9.17) is 16.3 Å². The lowest BCUT2D eigenvalue weighted by Gasteiger charge is -2.08. The summed E-state index contributed by atoms with van der Waals surface area (Å²) in [6.45, 7) is 2.45. The van der Waals surface area contributed by atoms with E-state index in [1.54, 1.807) is 0 Å². The van der Waals surface area contributed by atoms with Crippen LogP contribution in [0.4, 0.5) is 0 Å². The quantitative estimate of drug-likeness (QED) is 0.580. The van der Waals surface area contributed by atoms with Gasteiger partial charge in [-0.2, -0.15) is 4.98 Å². The van der Waals surface area contributed by atoms with E-state index in [0.717, 1.165) is 15.7 Å². The summed E-state index contributed by atoms with van der Waals surface area (Å²) in [5.74, 6) is 2.22. The molecule has 1 aliphatic carbocycles. The highest BCUT2D eigenvalue weighted by molar-refractivity contribution is 14.1. The zero-order chi connectivity index (χ0) is 14.1. The molecular formula is C14H13ClIN3O. The van der Waals surface area contributed by atoms with Crippen LogP contribution >= 0.6 is 34.2 Å². The Balaban J connectivity index is 1.62. The second-order valence-corrected chi connectivity index (χ2v) is 6.29. The van der Waals surface area contributed by atoms with Gasteiger partial charge in [-0.25, -0.2) is 4.98 Å². The van der Waals surface area contributed by atoms with E-state index in [-0.39, 0.29) is 0 Å². The number of nitrogens with zero attached hydrogens (tertiary/aromatic N) is 3. The fourth-order valence-corrected chi connectivity index (χ4v) is 2.77. The van der Waals surface area contributed by atoms with Crippen LogP contribution in [0.2, 0.25) is 5.15 Å². The van der Waals surface area contributed by atoms with Crippen LogP contribution < -0.4 is 4.74 Å². The number of halogens is 2. The highest BCUT2D eigenvalue weighted by atomic mass is 127. The van der Waals surface area contributed by atoms with Crippen molar-refractivity contribution < 1.29 is 4.74 Å². The number of hydrogen-bond acceptors (Lipinski definition) is 4. The molecule has 2 heterocycles. The summed E-state index contributed by atoms with van der Waals surface area (Å²) in [5, 5.41) is 0.449. The molecule has 2 aromatic heterocycles. The molecule has 104 valence electrons. The third-order valence-corrected chi connectivity index (χ3v) is 4.88. The molecule has 0 saturated heterocycles. The summed E-state index contributed by atoms with van der Waals surface area (Å²) in [6.07, 6.45) is 2.95. The second kappa shape index (κ2) is 5.81. The van der Waals surface area contributed by atoms with Gasteiger partial charge in [-0.15, -0.1) is 0 Å². The Morgan fingerprint density at radius 3 is 3.00 bits per heavy atom. The van der Waals surface area contributed by atoms with Gasteiger partial charge >= 0.3 is 0 Å². The zero-order valence-electron chi connectivity index (χ0n) is 10.9. The molecular weight excluding hydrogens is 389 g/mol. The van der Waals surface area contributed by atoms with Crippen molar-refractivity contribution in [2.75, 3.05) is 6.61 Å². The maximum Gasteiger partial charge on any atom is 0.232 e. The monoisotopic (exact) mass is 401 g/mol. The molecule has 2 atom stereocenters. The van der Waals surface area contributed by atoms with Gasteiger partial charge in [-0.3, -0.25) is 4.98 Å². The number of hydrogen-bond donors (Lipinski definition) is 0. The highest BCUT2D eigenvalue weighted by Crippen LogP contribution is 2.46. The molecule has 20 heavy (non-hydrogen) atoms. The van der Waals surface area contributed by atoms with Crippen molar-refractivity contribution in [1.29, 1.82) is 0 Å². The first-order valence-electron chi connectivity index (χ1n) is 6.38. The summed E-state index contributed by atoms with van der Waals surface area (Å²) in [4.78, 5) is 12.8. The molecule has 0 amide bonds. The topological polar surface area (TPSA) is 47.9 Å². The van der Waals surface area contributed by atoms with E-state index < -0.39 is 0 Å². The summed E-state index contributed by atoms with van der Waals surface area (Å²) in [6, 6.07) is 6.03. The molecule has 6 heteroatoms. The lowest BCUT2D eigenvalue weighted by atomic mass is 10.2. The van der Waals surface area contributed by atoms with E-state index in [1.807, 2.05) is 25.3 Å². The summed E-state index contributed by atoms with van der Waals surface area (Å²) < 4.78 is 6.57. The molecule has 4 nitrogen and oxygen atoms in total. The van der Waals surface area contributed by atoms with Crippen LogP contribution in [-0.2, 0) is 0 Å². The van der Waals surface area contributed by atoms with Gasteiger partial charge in [0.05, 0.1) is 6.61 Å². The molecule has 0 radical (unpaired) electrons. The van der Waals surface area contributed by atoms with Crippen molar-refractivity contribution in [1.82, 2.24) is 15.0 Å². The molecule has 1 fully saturated rings. The SMILES string of the molecule is Cc1nc(Cl)c(I)c(OC[C@H]2C[C@@H]2c2ccccn2)n1. The van der Waals surface area contributed by atoms with Crippen molar-refractivity contribution in [3.8, 4) is 5.88 Å². The lowest BCUT2D eigenvalue weighted by Crippen LogP contribution is -2.06. The van der Waals surface area contributed by atoms with Crippen LogP contribution in [0.1, 0.15) is 23.9 Å². The molecule has 0 spiro atoms. The Morgan fingerprint density at radius 2 is 2.25 bits per heavy atom. The Kier molecular flexibility index (Phi) is 4.07. The number of pyridine rings is 1. The highest BCUT2D eigenvalue weighted by Gasteiger charge is 2.40. The minimum absolute atomic E-state index is 0.449. The van der Waals surface area contributed by atoms with Crippen molar-refractivity contribution >= 4 is 34.2 Å². The molecule has 0 aliphatic heterocycles. The van der Waals surface area contributed by atoms with E-state index in [0.29, 0.717) is 35.3 Å². The maximum atomic E-state index is 6.03. The fourth-order valence-electron chi connectivity index (χ4n) is 2.17. The lowest BCUT2D eigenvalue weighted by molar-refractivity contribution is 0.282. The minimum atomic E-state index is 0.449. The average Bonchev–Trinajstić information content (AvgIpc) is 3.22. The van der Waals surface area contributed by atoms with Crippen LogP contribution in [-0.4, -0.2) is 21.6 Å². The molecule has 0 bridgehead atoms. The van der Waals surface area contributed by atoms with Gasteiger partial charge in [0.1, 0.15) is 14.5 Å². The van der Waals surface area contributed by atoms with Gasteiger partial charge in [0.2, 0.25) is 5.88 Å². The molecule has 1 aliphatic rings. The molecule has 1 saturated carbocycles. The number of rotatable bonds is 4. The first-order chi connectivity index (χ1) is 9.65. The van der Waals surface area contributed by atoms with Gasteiger partial charge in [0.25, 0.3) is 0 Å². The summed E-state index contributed by atoms with van der Waals surface area (Å²) >= 11 is 8.14. The zero-order valence-corrected chi connectivity index (χ0v) is 13.8. The predicted molar refractivity (Wildman–Crippen MR) is 85.1 cm³/mol. The van der Waals surface area contributed by atoms with Crippen LogP contribution in [0.15, 0.2) is 24.4 Å². The van der Waals surface area contributed by atoms with E-state index in [1.165, 1.54) is 0 Å². The standard InChI is InChI=1S/C14H13ClIN3O/c1-8-18-13(15)12(16)14(19-8)20-7-9-6-10(9)11-4-2-3-5-17-11/h2-5,9-10H,6-7H2,1H3/t9-,10+/m1/s1. The first-order valence-corrected chi connectivity index (χ1v) is 7.84. The average molecular weight is 402 g/mol. The number of aryl methyl sites for hydroxylation is 1. The van der Waals surface area contributed by atoms with Crippen molar-refractivity contribution in [3.05, 3.63) is 44.6 Å². The Morgan fingerprint density at radius 1 is 1.40 bits per heavy atom. The Labute approximate surface area is 136 Å². The number of aromatic nitrogens is 3. The largest absolute Gasteiger partial charge is 0.476 e. The van der Waals surface area contributed by atoms with Crippen LogP contribution in [0.25, 0.3) is 0 Å². The first kappa shape index (κ1) is 14.0. The van der Waals surface area contributed by atoms with Crippen LogP contribution in [0, 0.1) is 16.4 Å². The molecule has 0 aromatic carbocycles. The third kappa shape index (κ3) is 3.03. The van der Waals surface area contributed by atoms with Gasteiger partial charge in [-0.1, -0.05) is 17.7 Å². The normalized spacial score (nSPS) is 20.8.